The summed E-state index contributed by atoms with van der Waals surface area (Å²) in [6, 6.07) is 5.32. The summed E-state index contributed by atoms with van der Waals surface area (Å²) < 4.78 is 38.0. The van der Waals surface area contributed by atoms with Crippen molar-refractivity contribution in [1.82, 2.24) is 9.47 Å². The van der Waals surface area contributed by atoms with E-state index in [0.29, 0.717) is 55.9 Å². The monoisotopic (exact) mass is 489 g/mol. The summed E-state index contributed by atoms with van der Waals surface area (Å²) in [6.45, 7) is 4.73. The predicted octanol–water partition coefficient (Wildman–Crippen LogP) is 1.09. The minimum Gasteiger partial charge on any atom is -0.380 e. The zero-order valence-electron chi connectivity index (χ0n) is 17.1. The van der Waals surface area contributed by atoms with Crippen molar-refractivity contribution >= 4 is 54.8 Å². The molecule has 1 aromatic carbocycles. The fourth-order valence-electron chi connectivity index (χ4n) is 3.12. The summed E-state index contributed by atoms with van der Waals surface area (Å²) in [6.07, 6.45) is 0. The minimum absolute atomic E-state index is 0.344. The molecule has 1 aromatic heterocycles. The smallest absolute Gasteiger partial charge is 0.263 e. The van der Waals surface area contributed by atoms with Crippen LogP contribution in [0.2, 0.25) is 5.02 Å². The van der Waals surface area contributed by atoms with Crippen LogP contribution in [0.5, 0.6) is 0 Å². The Hall–Kier alpha value is -1.79. The van der Waals surface area contributed by atoms with Gasteiger partial charge in [0.05, 0.1) is 30.0 Å². The SMILES string of the molecule is CCOCCn1c(=NC(=O)CS(=O)(=O)CC(=O)N2CCOCC2)sc2cc(Cl)ccc21. The number of morpholine rings is 1. The Morgan fingerprint density at radius 3 is 2.71 bits per heavy atom. The van der Waals surface area contributed by atoms with Crippen LogP contribution in [0.15, 0.2) is 23.2 Å². The van der Waals surface area contributed by atoms with E-state index in [-0.39, 0.29) is 0 Å². The van der Waals surface area contributed by atoms with Crippen LogP contribution in [0.4, 0.5) is 0 Å². The maximum Gasteiger partial charge on any atom is 0.263 e. The summed E-state index contributed by atoms with van der Waals surface area (Å²) in [4.78, 5) is 30.5. The van der Waals surface area contributed by atoms with Gasteiger partial charge >= 0.3 is 0 Å². The van der Waals surface area contributed by atoms with Crippen LogP contribution in [-0.4, -0.2) is 80.7 Å². The first kappa shape index (κ1) is 23.9. The van der Waals surface area contributed by atoms with Gasteiger partial charge in [-0.2, -0.15) is 4.99 Å². The number of carbonyl (C=O) groups is 2. The van der Waals surface area contributed by atoms with Crippen molar-refractivity contribution < 1.29 is 27.5 Å². The highest BCUT2D eigenvalue weighted by Gasteiger charge is 2.25. The van der Waals surface area contributed by atoms with Crippen molar-refractivity contribution in [3.63, 3.8) is 0 Å². The Balaban J connectivity index is 1.78. The Labute approximate surface area is 189 Å². The lowest BCUT2D eigenvalue weighted by Crippen LogP contribution is -2.43. The van der Waals surface area contributed by atoms with E-state index in [9.17, 15) is 18.0 Å². The number of rotatable bonds is 8. The lowest BCUT2D eigenvalue weighted by molar-refractivity contribution is -0.132. The van der Waals surface area contributed by atoms with Gasteiger partial charge in [0.1, 0.15) is 11.5 Å². The molecule has 1 saturated heterocycles. The molecule has 1 aliphatic rings. The number of benzene rings is 1. The third-order valence-corrected chi connectivity index (χ3v) is 7.23. The predicted molar refractivity (Wildman–Crippen MR) is 118 cm³/mol. The van der Waals surface area contributed by atoms with Crippen LogP contribution in [0.3, 0.4) is 0 Å². The molecule has 31 heavy (non-hydrogen) atoms. The highest BCUT2D eigenvalue weighted by atomic mass is 35.5. The van der Waals surface area contributed by atoms with Crippen molar-refractivity contribution in [2.75, 3.05) is 51.0 Å². The Kier molecular flexibility index (Phi) is 8.23. The van der Waals surface area contributed by atoms with Gasteiger partial charge in [-0.3, -0.25) is 9.59 Å². The van der Waals surface area contributed by atoms with Crippen molar-refractivity contribution in [3.8, 4) is 0 Å². The molecule has 2 heterocycles. The summed E-state index contributed by atoms with van der Waals surface area (Å²) >= 11 is 7.30. The Bertz CT molecular complexity index is 1120. The lowest BCUT2D eigenvalue weighted by atomic mass is 10.3. The molecule has 0 bridgehead atoms. The molecule has 0 saturated carbocycles. The van der Waals surface area contributed by atoms with E-state index in [4.69, 9.17) is 21.1 Å². The number of amides is 2. The molecule has 170 valence electrons. The zero-order chi connectivity index (χ0) is 22.4. The van der Waals surface area contributed by atoms with E-state index in [1.54, 1.807) is 16.7 Å². The number of sulfone groups is 1. The average Bonchev–Trinajstić information content (AvgIpc) is 3.03. The van der Waals surface area contributed by atoms with E-state index >= 15 is 0 Å². The first-order valence-corrected chi connectivity index (χ1v) is 12.8. The van der Waals surface area contributed by atoms with Crippen molar-refractivity contribution in [2.45, 2.75) is 13.5 Å². The number of thiazole rings is 1. The standard InChI is InChI=1S/C19H24ClN3O6S2/c1-2-28-10-7-23-15-4-3-14(20)11-16(15)30-19(23)21-17(24)12-31(26,27)13-18(25)22-5-8-29-9-6-22/h3-4,11H,2,5-10,12-13H2,1H3. The first-order chi connectivity index (χ1) is 14.8. The average molecular weight is 490 g/mol. The maximum atomic E-state index is 12.5. The molecule has 0 atom stereocenters. The highest BCUT2D eigenvalue weighted by Crippen LogP contribution is 2.22. The Morgan fingerprint density at radius 1 is 1.26 bits per heavy atom. The Morgan fingerprint density at radius 2 is 2.00 bits per heavy atom. The summed E-state index contributed by atoms with van der Waals surface area (Å²) in [5.41, 5.74) is 0.825. The minimum atomic E-state index is -3.95. The van der Waals surface area contributed by atoms with Gasteiger partial charge in [-0.25, -0.2) is 8.42 Å². The normalized spacial score (nSPS) is 15.5. The number of carbonyl (C=O) groups excluding carboxylic acids is 2. The van der Waals surface area contributed by atoms with Crippen LogP contribution in [0.1, 0.15) is 6.92 Å². The van der Waals surface area contributed by atoms with E-state index in [1.165, 1.54) is 16.2 Å². The third-order valence-electron chi connectivity index (χ3n) is 4.58. The molecule has 2 aromatic rings. The van der Waals surface area contributed by atoms with E-state index < -0.39 is 33.2 Å². The van der Waals surface area contributed by atoms with Gasteiger partial charge in [0.25, 0.3) is 5.91 Å². The summed E-state index contributed by atoms with van der Waals surface area (Å²) in [5, 5.41) is 0.549. The van der Waals surface area contributed by atoms with E-state index in [0.717, 1.165) is 10.2 Å². The van der Waals surface area contributed by atoms with Gasteiger partial charge in [0.2, 0.25) is 5.91 Å². The van der Waals surface area contributed by atoms with Crippen molar-refractivity contribution in [3.05, 3.63) is 28.0 Å². The molecule has 9 nitrogen and oxygen atoms in total. The molecule has 2 amide bonds. The number of halogens is 1. The summed E-state index contributed by atoms with van der Waals surface area (Å²) in [7, 11) is -3.95. The summed E-state index contributed by atoms with van der Waals surface area (Å²) in [5.74, 6) is -2.90. The highest BCUT2D eigenvalue weighted by molar-refractivity contribution is 7.92. The molecule has 0 aliphatic carbocycles. The molecule has 0 spiro atoms. The van der Waals surface area contributed by atoms with Gasteiger partial charge in [-0.1, -0.05) is 22.9 Å². The number of aromatic nitrogens is 1. The van der Waals surface area contributed by atoms with Crippen LogP contribution < -0.4 is 4.80 Å². The fraction of sp³-hybridized carbons (Fsp3) is 0.526. The number of nitrogens with zero attached hydrogens (tertiary/aromatic N) is 3. The maximum absolute atomic E-state index is 12.5. The zero-order valence-corrected chi connectivity index (χ0v) is 19.5. The quantitative estimate of drug-likeness (QED) is 0.514. The van der Waals surface area contributed by atoms with Gasteiger partial charge in [0, 0.05) is 31.3 Å². The van der Waals surface area contributed by atoms with Crippen LogP contribution in [-0.2, 0) is 35.4 Å². The van der Waals surface area contributed by atoms with Crippen LogP contribution >= 0.6 is 22.9 Å². The fourth-order valence-corrected chi connectivity index (χ4v) is 5.57. The molecule has 0 unspecified atom stereocenters. The second kappa shape index (κ2) is 10.7. The number of ether oxygens (including phenoxy) is 2. The van der Waals surface area contributed by atoms with E-state index in [2.05, 4.69) is 4.99 Å². The van der Waals surface area contributed by atoms with Gasteiger partial charge in [-0.15, -0.1) is 0 Å². The molecule has 0 radical (unpaired) electrons. The molecule has 12 heteroatoms. The van der Waals surface area contributed by atoms with Gasteiger partial charge < -0.3 is 18.9 Å². The molecular formula is C19H24ClN3O6S2. The molecular weight excluding hydrogens is 466 g/mol. The lowest BCUT2D eigenvalue weighted by Gasteiger charge is -2.26. The van der Waals surface area contributed by atoms with Crippen molar-refractivity contribution in [2.24, 2.45) is 4.99 Å². The topological polar surface area (TPSA) is 107 Å². The largest absolute Gasteiger partial charge is 0.380 e. The van der Waals surface area contributed by atoms with Crippen molar-refractivity contribution in [1.29, 1.82) is 0 Å². The van der Waals surface area contributed by atoms with Gasteiger partial charge in [0.15, 0.2) is 14.6 Å². The number of hydrogen-bond acceptors (Lipinski definition) is 7. The van der Waals surface area contributed by atoms with Crippen LogP contribution in [0, 0.1) is 0 Å². The molecule has 1 fully saturated rings. The first-order valence-electron chi connectivity index (χ1n) is 9.79. The molecule has 1 aliphatic heterocycles. The number of hydrogen-bond donors (Lipinski definition) is 0. The number of fused-ring (bicyclic) bond motifs is 1. The van der Waals surface area contributed by atoms with Gasteiger partial charge in [-0.05, 0) is 25.1 Å². The van der Waals surface area contributed by atoms with Crippen LogP contribution in [0.25, 0.3) is 10.2 Å². The second-order valence-electron chi connectivity index (χ2n) is 6.88. The third kappa shape index (κ3) is 6.59. The molecule has 0 N–H and O–H groups in total. The van der Waals surface area contributed by atoms with E-state index in [1.807, 2.05) is 13.0 Å². The second-order valence-corrected chi connectivity index (χ2v) is 10.4. The molecule has 3 rings (SSSR count).